The molecule has 0 unspecified atom stereocenters. The summed E-state index contributed by atoms with van der Waals surface area (Å²) in [5.74, 6) is 0. The van der Waals surface area contributed by atoms with Crippen LogP contribution in [0.1, 0.15) is 0 Å². The molecule has 1 N–H and O–H groups in total. The van der Waals surface area contributed by atoms with Crippen LogP contribution in [0.4, 0.5) is 26.3 Å². The van der Waals surface area contributed by atoms with Gasteiger partial charge in [-0.25, -0.2) is 16.8 Å². The highest BCUT2D eigenvalue weighted by Gasteiger charge is 2.55. The average molecular weight is 575 g/mol. The van der Waals surface area contributed by atoms with Gasteiger partial charge < -0.3 is 0 Å². The molecule has 0 saturated carbocycles. The second kappa shape index (κ2) is 10.0. The number of rotatable bonds is 3. The molecule has 0 bridgehead atoms. The van der Waals surface area contributed by atoms with Gasteiger partial charge in [-0.1, -0.05) is 58.4 Å². The second-order valence-corrected chi connectivity index (χ2v) is 13.2. The van der Waals surface area contributed by atoms with E-state index in [0.717, 1.165) is 0 Å². The Morgan fingerprint density at radius 3 is 1.37 bits per heavy atom. The SMILES string of the molecule is O=S(=O)(NS(=O)(=O)C(F)(F)F)C(F)(F)F.c1ccc([S+]2c3ccccc3Sc3ccccc32)cc1. The Morgan fingerprint density at radius 2 is 0.971 bits per heavy atom. The summed E-state index contributed by atoms with van der Waals surface area (Å²) in [4.78, 5) is 7.06. The number of hydrogen-bond donors (Lipinski definition) is 1. The summed E-state index contributed by atoms with van der Waals surface area (Å²) in [6.45, 7) is 0. The Morgan fingerprint density at radius 1 is 0.600 bits per heavy atom. The largest absolute Gasteiger partial charge is 0.512 e. The van der Waals surface area contributed by atoms with E-state index in [1.165, 1.54) is 24.5 Å². The van der Waals surface area contributed by atoms with Crippen molar-refractivity contribution >= 4 is 42.7 Å². The van der Waals surface area contributed by atoms with Crippen molar-refractivity contribution in [3.63, 3.8) is 0 Å². The lowest BCUT2D eigenvalue weighted by molar-refractivity contribution is -0.0476. The van der Waals surface area contributed by atoms with Crippen LogP contribution in [0.2, 0.25) is 0 Å². The summed E-state index contributed by atoms with van der Waals surface area (Å²) < 4.78 is 108. The summed E-state index contributed by atoms with van der Waals surface area (Å²) in [6.07, 6.45) is 0. The monoisotopic (exact) mass is 574 g/mol. The number of benzene rings is 3. The molecule has 0 aromatic heterocycles. The van der Waals surface area contributed by atoms with Gasteiger partial charge in [0.15, 0.2) is 14.7 Å². The van der Waals surface area contributed by atoms with Gasteiger partial charge >= 0.3 is 31.1 Å². The summed E-state index contributed by atoms with van der Waals surface area (Å²) in [5.41, 5.74) is -12.3. The van der Waals surface area contributed by atoms with Gasteiger partial charge in [-0.05, 0) is 36.4 Å². The third-order valence-electron chi connectivity index (χ3n) is 4.17. The van der Waals surface area contributed by atoms with Crippen molar-refractivity contribution in [1.29, 1.82) is 0 Å². The fourth-order valence-electron chi connectivity index (χ4n) is 2.69. The molecular formula is C20H14F6NO4S4+. The highest BCUT2D eigenvalue weighted by molar-refractivity contribution is 8.05. The first-order valence-corrected chi connectivity index (χ1v) is 14.2. The molecule has 0 radical (unpaired) electrons. The molecule has 0 amide bonds. The van der Waals surface area contributed by atoms with Gasteiger partial charge in [-0.3, -0.25) is 0 Å². The average Bonchev–Trinajstić information content (AvgIpc) is 2.76. The lowest BCUT2D eigenvalue weighted by atomic mass is 10.3. The van der Waals surface area contributed by atoms with E-state index in [9.17, 15) is 43.2 Å². The van der Waals surface area contributed by atoms with Crippen LogP contribution in [0, 0.1) is 0 Å². The van der Waals surface area contributed by atoms with Gasteiger partial charge in [0, 0.05) is 0 Å². The van der Waals surface area contributed by atoms with Crippen LogP contribution < -0.4 is 4.13 Å². The number of alkyl halides is 6. The van der Waals surface area contributed by atoms with Crippen molar-refractivity contribution in [2.75, 3.05) is 0 Å². The van der Waals surface area contributed by atoms with Crippen LogP contribution in [0.5, 0.6) is 0 Å². The number of nitrogens with one attached hydrogen (secondary N) is 1. The smallest absolute Gasteiger partial charge is 0.202 e. The molecule has 1 aliphatic heterocycles. The minimum absolute atomic E-state index is 0.0212. The van der Waals surface area contributed by atoms with Crippen molar-refractivity contribution in [3.8, 4) is 0 Å². The number of hydrogen-bond acceptors (Lipinski definition) is 5. The minimum atomic E-state index is -6.60. The minimum Gasteiger partial charge on any atom is -0.202 e. The lowest BCUT2D eigenvalue weighted by Gasteiger charge is -2.18. The fourth-order valence-corrected chi connectivity index (χ4v) is 8.36. The van der Waals surface area contributed by atoms with Gasteiger partial charge in [0.05, 0.1) is 9.79 Å². The Balaban J connectivity index is 0.000000207. The van der Waals surface area contributed by atoms with Crippen LogP contribution in [-0.4, -0.2) is 27.9 Å². The number of fused-ring (bicyclic) bond motifs is 2. The maximum Gasteiger partial charge on any atom is 0.512 e. The van der Waals surface area contributed by atoms with E-state index in [4.69, 9.17) is 0 Å². The molecule has 0 aliphatic carbocycles. The van der Waals surface area contributed by atoms with Crippen LogP contribution >= 0.6 is 11.8 Å². The Hall–Kier alpha value is -2.20. The van der Waals surface area contributed by atoms with Crippen LogP contribution in [0.3, 0.4) is 0 Å². The zero-order valence-electron chi connectivity index (χ0n) is 17.0. The summed E-state index contributed by atoms with van der Waals surface area (Å²) >= 11 is 1.89. The molecule has 15 heteroatoms. The van der Waals surface area contributed by atoms with Gasteiger partial charge in [0.25, 0.3) is 0 Å². The van der Waals surface area contributed by atoms with Crippen molar-refractivity contribution in [2.24, 2.45) is 0 Å². The molecular weight excluding hydrogens is 560 g/mol. The van der Waals surface area contributed by atoms with E-state index in [1.807, 2.05) is 11.8 Å². The standard InChI is InChI=1S/C18H13S2.C2HF6NO4S2/c1-2-8-14(9-3-1)20-17-12-6-4-10-15(17)19-16-11-5-7-13-18(16)20;3-1(4,5)14(10,11)9-15(12,13)2(6,7)8/h1-13H;9H/q+1;. The third-order valence-corrected chi connectivity index (χ3v) is 10.9. The maximum absolute atomic E-state index is 11.5. The normalized spacial score (nSPS) is 14.3. The molecule has 3 aromatic rings. The zero-order valence-corrected chi connectivity index (χ0v) is 20.3. The molecule has 35 heavy (non-hydrogen) atoms. The fraction of sp³-hybridized carbons (Fsp3) is 0.100. The highest BCUT2D eigenvalue weighted by Crippen LogP contribution is 2.47. The maximum atomic E-state index is 11.5. The predicted octanol–water partition coefficient (Wildman–Crippen LogP) is 5.52. The topological polar surface area (TPSA) is 80.3 Å². The molecule has 4 rings (SSSR count). The predicted molar refractivity (Wildman–Crippen MR) is 119 cm³/mol. The van der Waals surface area contributed by atoms with Crippen molar-refractivity contribution in [3.05, 3.63) is 78.9 Å². The van der Waals surface area contributed by atoms with Crippen molar-refractivity contribution < 1.29 is 43.2 Å². The molecule has 0 spiro atoms. The van der Waals surface area contributed by atoms with Crippen molar-refractivity contribution in [1.82, 2.24) is 4.13 Å². The number of sulfonamides is 2. The first kappa shape index (κ1) is 27.4. The molecule has 0 atom stereocenters. The molecule has 1 aliphatic rings. The summed E-state index contributed by atoms with van der Waals surface area (Å²) in [5, 5.41) is 0. The summed E-state index contributed by atoms with van der Waals surface area (Å²) in [7, 11) is -13.2. The molecule has 5 nitrogen and oxygen atoms in total. The molecule has 0 fully saturated rings. The quantitative estimate of drug-likeness (QED) is 0.258. The van der Waals surface area contributed by atoms with Gasteiger partial charge in [0.1, 0.15) is 10.9 Å². The van der Waals surface area contributed by atoms with Gasteiger partial charge in [-0.2, -0.15) is 26.3 Å². The Kier molecular flexibility index (Phi) is 7.86. The van der Waals surface area contributed by atoms with Gasteiger partial charge in [-0.15, -0.1) is 0 Å². The highest BCUT2D eigenvalue weighted by atomic mass is 32.3. The van der Waals surface area contributed by atoms with Crippen molar-refractivity contribution in [2.45, 2.75) is 35.5 Å². The Bertz CT molecular complexity index is 1320. The number of halogens is 6. The van der Waals surface area contributed by atoms with Crippen LogP contribution in [-0.2, 0) is 30.9 Å². The molecule has 188 valence electrons. The second-order valence-electron chi connectivity index (χ2n) is 6.60. The molecule has 0 saturated heterocycles. The molecule has 1 heterocycles. The van der Waals surface area contributed by atoms with Crippen LogP contribution in [0.15, 0.2) is 103 Å². The third kappa shape index (κ3) is 6.14. The Labute approximate surface area is 204 Å². The van der Waals surface area contributed by atoms with E-state index in [0.29, 0.717) is 0 Å². The van der Waals surface area contributed by atoms with E-state index < -0.39 is 35.2 Å². The van der Waals surface area contributed by atoms with Gasteiger partial charge in [0.2, 0.25) is 0 Å². The van der Waals surface area contributed by atoms with E-state index in [-0.39, 0.29) is 10.9 Å². The first-order chi connectivity index (χ1) is 16.1. The van der Waals surface area contributed by atoms with E-state index >= 15 is 0 Å². The summed E-state index contributed by atoms with van der Waals surface area (Å²) in [6, 6.07) is 28.4. The van der Waals surface area contributed by atoms with Crippen LogP contribution in [0.25, 0.3) is 0 Å². The lowest BCUT2D eigenvalue weighted by Crippen LogP contribution is -2.45. The first-order valence-electron chi connectivity index (χ1n) is 9.20. The van der Waals surface area contributed by atoms with E-state index in [1.54, 1.807) is 0 Å². The van der Waals surface area contributed by atoms with E-state index in [2.05, 4.69) is 78.9 Å². The molecule has 3 aromatic carbocycles. The zero-order chi connectivity index (χ0) is 26.1.